The van der Waals surface area contributed by atoms with E-state index < -0.39 is 0 Å². The van der Waals surface area contributed by atoms with E-state index in [4.69, 9.17) is 14.2 Å². The fourth-order valence-corrected chi connectivity index (χ4v) is 3.13. The first kappa shape index (κ1) is 22.2. The smallest absolute Gasteiger partial charge is 0.291 e. The number of methoxy groups -OCH3 is 1. The Morgan fingerprint density at radius 2 is 1.85 bits per heavy atom. The molecule has 1 unspecified atom stereocenters. The van der Waals surface area contributed by atoms with Gasteiger partial charge in [-0.1, -0.05) is 0 Å². The van der Waals surface area contributed by atoms with Gasteiger partial charge in [-0.2, -0.15) is 0 Å². The predicted octanol–water partition coefficient (Wildman–Crippen LogP) is 3.32. The number of nitrogens with zero attached hydrogens (tertiary/aromatic N) is 5. The van der Waals surface area contributed by atoms with E-state index in [9.17, 15) is 4.79 Å². The standard InChI is InChI=1S/C23H24N6O4/c1-14(13-31-4)32-16-8-15(20-27-19-6-5-7-24-21(19)28-20)9-17(10-16)33-18-11-25-22(26-12-18)23(30)29(2)3/h5-12,14H,13H2,1-4H3,(H,24,27,28). The molecule has 0 radical (unpaired) electrons. The van der Waals surface area contributed by atoms with E-state index in [-0.39, 0.29) is 17.8 Å². The van der Waals surface area contributed by atoms with E-state index in [2.05, 4.69) is 24.9 Å². The van der Waals surface area contributed by atoms with Crippen molar-refractivity contribution in [1.82, 2.24) is 29.8 Å². The molecule has 1 aromatic carbocycles. The number of amides is 1. The molecule has 3 aromatic heterocycles. The maximum absolute atomic E-state index is 12.0. The molecule has 0 aliphatic carbocycles. The maximum Gasteiger partial charge on any atom is 0.291 e. The van der Waals surface area contributed by atoms with Crippen molar-refractivity contribution < 1.29 is 19.0 Å². The van der Waals surface area contributed by atoms with Crippen LogP contribution in [0.1, 0.15) is 17.5 Å². The van der Waals surface area contributed by atoms with Crippen molar-refractivity contribution in [2.24, 2.45) is 0 Å². The molecule has 0 fully saturated rings. The first-order valence-corrected chi connectivity index (χ1v) is 10.3. The van der Waals surface area contributed by atoms with E-state index in [1.54, 1.807) is 33.5 Å². The van der Waals surface area contributed by atoms with Crippen molar-refractivity contribution in [2.45, 2.75) is 13.0 Å². The Labute approximate surface area is 190 Å². The van der Waals surface area contributed by atoms with Crippen LogP contribution in [0.3, 0.4) is 0 Å². The number of carbonyl (C=O) groups is 1. The molecule has 0 saturated heterocycles. The number of aromatic amines is 1. The predicted molar refractivity (Wildman–Crippen MR) is 121 cm³/mol. The summed E-state index contributed by atoms with van der Waals surface area (Å²) in [6.07, 6.45) is 4.44. The van der Waals surface area contributed by atoms with Gasteiger partial charge in [0.2, 0.25) is 5.82 Å². The van der Waals surface area contributed by atoms with Gasteiger partial charge >= 0.3 is 0 Å². The Kier molecular flexibility index (Phi) is 6.45. The van der Waals surface area contributed by atoms with Gasteiger partial charge in [0.05, 0.1) is 19.0 Å². The highest BCUT2D eigenvalue weighted by atomic mass is 16.5. The van der Waals surface area contributed by atoms with E-state index in [1.807, 2.05) is 31.2 Å². The Morgan fingerprint density at radius 3 is 2.55 bits per heavy atom. The lowest BCUT2D eigenvalue weighted by atomic mass is 10.2. The van der Waals surface area contributed by atoms with Crippen LogP contribution in [0.2, 0.25) is 0 Å². The molecule has 3 heterocycles. The second-order valence-electron chi connectivity index (χ2n) is 7.58. The maximum atomic E-state index is 12.0. The molecule has 10 heteroatoms. The number of hydrogen-bond donors (Lipinski definition) is 1. The van der Waals surface area contributed by atoms with Gasteiger partial charge in [-0.3, -0.25) is 4.79 Å². The third kappa shape index (κ3) is 5.24. The zero-order valence-corrected chi connectivity index (χ0v) is 18.8. The number of benzene rings is 1. The molecule has 0 aliphatic heterocycles. The molecule has 1 N–H and O–H groups in total. The van der Waals surface area contributed by atoms with E-state index >= 15 is 0 Å². The van der Waals surface area contributed by atoms with Crippen LogP contribution in [0.4, 0.5) is 0 Å². The fourth-order valence-electron chi connectivity index (χ4n) is 3.13. The lowest BCUT2D eigenvalue weighted by Gasteiger charge is -2.16. The largest absolute Gasteiger partial charge is 0.488 e. The summed E-state index contributed by atoms with van der Waals surface area (Å²) >= 11 is 0. The third-order valence-electron chi connectivity index (χ3n) is 4.61. The van der Waals surface area contributed by atoms with Gasteiger partial charge in [0, 0.05) is 39.0 Å². The number of hydrogen-bond acceptors (Lipinski definition) is 8. The summed E-state index contributed by atoms with van der Waals surface area (Å²) in [5.41, 5.74) is 2.19. The molecule has 1 amide bonds. The summed E-state index contributed by atoms with van der Waals surface area (Å²) in [7, 11) is 4.90. The highest BCUT2D eigenvalue weighted by Gasteiger charge is 2.14. The zero-order chi connectivity index (χ0) is 23.4. The quantitative estimate of drug-likeness (QED) is 0.436. The molecule has 1 atom stereocenters. The summed E-state index contributed by atoms with van der Waals surface area (Å²) in [6.45, 7) is 2.35. The number of fused-ring (bicyclic) bond motifs is 1. The van der Waals surface area contributed by atoms with E-state index in [1.165, 1.54) is 17.3 Å². The topological polar surface area (TPSA) is 115 Å². The minimum absolute atomic E-state index is 0.0910. The van der Waals surface area contributed by atoms with Crippen LogP contribution < -0.4 is 9.47 Å². The van der Waals surface area contributed by atoms with Crippen LogP contribution in [0.5, 0.6) is 17.2 Å². The fraction of sp³-hybridized carbons (Fsp3) is 0.261. The molecule has 0 saturated carbocycles. The summed E-state index contributed by atoms with van der Waals surface area (Å²) in [4.78, 5) is 33.7. The number of pyridine rings is 1. The number of carbonyl (C=O) groups excluding carboxylic acids is 1. The van der Waals surface area contributed by atoms with Crippen LogP contribution in [0, 0.1) is 0 Å². The van der Waals surface area contributed by atoms with Gasteiger partial charge in [0.25, 0.3) is 5.91 Å². The normalized spacial score (nSPS) is 11.9. The lowest BCUT2D eigenvalue weighted by Crippen LogP contribution is -2.23. The molecule has 10 nitrogen and oxygen atoms in total. The molecule has 4 rings (SSSR count). The van der Waals surface area contributed by atoms with Crippen molar-refractivity contribution in [3.8, 4) is 28.6 Å². The van der Waals surface area contributed by atoms with Crippen molar-refractivity contribution in [1.29, 1.82) is 0 Å². The molecule has 33 heavy (non-hydrogen) atoms. The first-order chi connectivity index (χ1) is 15.9. The minimum atomic E-state index is -0.287. The highest BCUT2D eigenvalue weighted by Crippen LogP contribution is 2.32. The van der Waals surface area contributed by atoms with Gasteiger partial charge < -0.3 is 24.1 Å². The molecule has 0 spiro atoms. The molecule has 170 valence electrons. The van der Waals surface area contributed by atoms with Crippen molar-refractivity contribution in [3.63, 3.8) is 0 Å². The highest BCUT2D eigenvalue weighted by molar-refractivity contribution is 5.90. The van der Waals surface area contributed by atoms with E-state index in [0.29, 0.717) is 35.3 Å². The summed E-state index contributed by atoms with van der Waals surface area (Å²) in [5.74, 6) is 1.89. The number of H-pyrrole nitrogens is 1. The number of aromatic nitrogens is 5. The second-order valence-corrected chi connectivity index (χ2v) is 7.58. The molecular weight excluding hydrogens is 424 g/mol. The molecule has 4 aromatic rings. The average molecular weight is 448 g/mol. The Balaban J connectivity index is 1.66. The van der Waals surface area contributed by atoms with Gasteiger partial charge in [-0.25, -0.2) is 19.9 Å². The third-order valence-corrected chi connectivity index (χ3v) is 4.61. The van der Waals surface area contributed by atoms with Gasteiger partial charge in [-0.05, 0) is 31.2 Å². The van der Waals surface area contributed by atoms with Crippen LogP contribution in [0.25, 0.3) is 22.6 Å². The van der Waals surface area contributed by atoms with Crippen molar-refractivity contribution in [3.05, 3.63) is 54.7 Å². The van der Waals surface area contributed by atoms with Gasteiger partial charge in [0.1, 0.15) is 28.9 Å². The zero-order valence-electron chi connectivity index (χ0n) is 18.8. The number of ether oxygens (including phenoxy) is 3. The number of nitrogens with one attached hydrogen (secondary N) is 1. The average Bonchev–Trinajstić information content (AvgIpc) is 3.23. The van der Waals surface area contributed by atoms with Crippen molar-refractivity contribution >= 4 is 17.1 Å². The summed E-state index contributed by atoms with van der Waals surface area (Å²) in [5, 5.41) is 0. The Bertz CT molecular complexity index is 1220. The number of imidazole rings is 1. The van der Waals surface area contributed by atoms with Gasteiger partial charge in [-0.15, -0.1) is 0 Å². The molecule has 0 bridgehead atoms. The lowest BCUT2D eigenvalue weighted by molar-refractivity contribution is 0.0815. The summed E-state index contributed by atoms with van der Waals surface area (Å²) < 4.78 is 17.1. The first-order valence-electron chi connectivity index (χ1n) is 10.3. The van der Waals surface area contributed by atoms with Crippen LogP contribution in [-0.4, -0.2) is 69.6 Å². The molecular formula is C23H24N6O4. The number of rotatable bonds is 8. The SMILES string of the molecule is COCC(C)Oc1cc(Oc2cnc(C(=O)N(C)C)nc2)cc(-c2nc3cccnc3[nH]2)c1. The second kappa shape index (κ2) is 9.61. The summed E-state index contributed by atoms with van der Waals surface area (Å²) in [6, 6.07) is 9.17. The monoisotopic (exact) mass is 448 g/mol. The van der Waals surface area contributed by atoms with Gasteiger partial charge in [0.15, 0.2) is 11.4 Å². The van der Waals surface area contributed by atoms with Crippen LogP contribution >= 0.6 is 0 Å². The van der Waals surface area contributed by atoms with E-state index in [0.717, 1.165) is 11.1 Å². The molecule has 0 aliphatic rings. The Hall–Kier alpha value is -4.05. The van der Waals surface area contributed by atoms with Crippen LogP contribution in [-0.2, 0) is 4.74 Å². The Morgan fingerprint density at radius 1 is 1.09 bits per heavy atom. The van der Waals surface area contributed by atoms with Crippen molar-refractivity contribution in [2.75, 3.05) is 27.8 Å². The van der Waals surface area contributed by atoms with Crippen LogP contribution in [0.15, 0.2) is 48.9 Å². The minimum Gasteiger partial charge on any atom is -0.488 e.